The molecule has 2 aromatic rings. The van der Waals surface area contributed by atoms with Crippen molar-refractivity contribution in [3.05, 3.63) is 63.5 Å². The van der Waals surface area contributed by atoms with Crippen LogP contribution in [0.4, 0.5) is 13.6 Å². The topological polar surface area (TPSA) is 55.8 Å². The van der Waals surface area contributed by atoms with Gasteiger partial charge in [-0.2, -0.15) is 8.78 Å². The van der Waals surface area contributed by atoms with Crippen LogP contribution >= 0.6 is 23.4 Å². The number of imide groups is 1. The number of hydrogen-bond donors (Lipinski definition) is 0. The summed E-state index contributed by atoms with van der Waals surface area (Å²) in [4.78, 5) is 26.3. The summed E-state index contributed by atoms with van der Waals surface area (Å²) in [5.74, 6) is -0.418. The van der Waals surface area contributed by atoms with Gasteiger partial charge in [0.1, 0.15) is 0 Å². The molecule has 29 heavy (non-hydrogen) atoms. The molecule has 0 spiro atoms. The lowest BCUT2D eigenvalue weighted by molar-refractivity contribution is -0.123. The van der Waals surface area contributed by atoms with E-state index in [0.717, 1.165) is 22.2 Å². The second-order valence-electron chi connectivity index (χ2n) is 5.92. The third kappa shape index (κ3) is 5.27. The van der Waals surface area contributed by atoms with Gasteiger partial charge < -0.3 is 9.47 Å². The van der Waals surface area contributed by atoms with E-state index in [2.05, 4.69) is 4.74 Å². The maximum Gasteiger partial charge on any atom is 0.387 e. The van der Waals surface area contributed by atoms with Crippen LogP contribution in [0, 0.1) is 0 Å². The Hall–Kier alpha value is -2.58. The van der Waals surface area contributed by atoms with Gasteiger partial charge >= 0.3 is 6.61 Å². The molecule has 2 aromatic carbocycles. The fourth-order valence-corrected chi connectivity index (χ4v) is 3.73. The van der Waals surface area contributed by atoms with Crippen molar-refractivity contribution in [2.45, 2.75) is 20.1 Å². The van der Waals surface area contributed by atoms with Crippen LogP contribution in [-0.2, 0) is 11.3 Å². The zero-order valence-corrected chi connectivity index (χ0v) is 16.8. The number of thioether (sulfide) groups is 1. The standard InChI is InChI=1S/C20H16ClF2NO4S/c1-2-27-16-9-12(6-7-15(16)28-19(22)23)10-17-18(25)24(20(26)29-17)11-13-4-3-5-14(21)8-13/h3-10,19H,2,11H2,1H3/b17-10-. The highest BCUT2D eigenvalue weighted by atomic mass is 35.5. The number of halogens is 3. The predicted molar refractivity (Wildman–Crippen MR) is 107 cm³/mol. The summed E-state index contributed by atoms with van der Waals surface area (Å²) in [7, 11) is 0. The van der Waals surface area contributed by atoms with Crippen LogP contribution in [0.25, 0.3) is 6.08 Å². The van der Waals surface area contributed by atoms with E-state index in [4.69, 9.17) is 16.3 Å². The van der Waals surface area contributed by atoms with E-state index >= 15 is 0 Å². The number of carbonyl (C=O) groups is 2. The van der Waals surface area contributed by atoms with Crippen molar-refractivity contribution in [1.82, 2.24) is 4.90 Å². The molecule has 0 aromatic heterocycles. The van der Waals surface area contributed by atoms with E-state index < -0.39 is 17.8 Å². The third-order valence-corrected chi connectivity index (χ3v) is 5.03. The molecule has 0 N–H and O–H groups in total. The number of ether oxygens (including phenoxy) is 2. The van der Waals surface area contributed by atoms with E-state index in [1.54, 1.807) is 31.2 Å². The van der Waals surface area contributed by atoms with Crippen LogP contribution in [0.15, 0.2) is 47.4 Å². The lowest BCUT2D eigenvalue weighted by atomic mass is 10.1. The Balaban J connectivity index is 1.82. The molecule has 0 bridgehead atoms. The Morgan fingerprint density at radius 2 is 1.97 bits per heavy atom. The molecular weight excluding hydrogens is 424 g/mol. The van der Waals surface area contributed by atoms with Crippen molar-refractivity contribution < 1.29 is 27.8 Å². The minimum absolute atomic E-state index is 0.104. The molecule has 1 aliphatic rings. The first kappa shape index (κ1) is 21.1. The molecular formula is C20H16ClF2NO4S. The summed E-state index contributed by atoms with van der Waals surface area (Å²) in [5, 5.41) is 0.114. The monoisotopic (exact) mass is 439 g/mol. The van der Waals surface area contributed by atoms with Crippen LogP contribution in [0.2, 0.25) is 5.02 Å². The lowest BCUT2D eigenvalue weighted by Gasteiger charge is -2.13. The Morgan fingerprint density at radius 1 is 1.17 bits per heavy atom. The second kappa shape index (κ2) is 9.28. The highest BCUT2D eigenvalue weighted by Crippen LogP contribution is 2.35. The number of carbonyl (C=O) groups excluding carboxylic acids is 2. The van der Waals surface area contributed by atoms with Crippen LogP contribution in [0.5, 0.6) is 11.5 Å². The maximum absolute atomic E-state index is 12.7. The second-order valence-corrected chi connectivity index (χ2v) is 7.35. The largest absolute Gasteiger partial charge is 0.490 e. The zero-order valence-electron chi connectivity index (χ0n) is 15.2. The van der Waals surface area contributed by atoms with Crippen molar-refractivity contribution in [2.75, 3.05) is 6.61 Å². The van der Waals surface area contributed by atoms with Crippen LogP contribution in [0.3, 0.4) is 0 Å². The molecule has 0 unspecified atom stereocenters. The normalized spacial score (nSPS) is 15.5. The molecule has 0 saturated carbocycles. The molecule has 2 amide bonds. The van der Waals surface area contributed by atoms with Gasteiger partial charge in [-0.15, -0.1) is 0 Å². The minimum atomic E-state index is -2.98. The van der Waals surface area contributed by atoms with Gasteiger partial charge in [0, 0.05) is 5.02 Å². The van der Waals surface area contributed by atoms with Crippen LogP contribution in [0.1, 0.15) is 18.1 Å². The average Bonchev–Trinajstić information content (AvgIpc) is 2.91. The van der Waals surface area contributed by atoms with E-state index in [-0.39, 0.29) is 29.6 Å². The number of hydrogen-bond acceptors (Lipinski definition) is 5. The summed E-state index contributed by atoms with van der Waals surface area (Å²) in [6.45, 7) is -0.921. The Labute approximate surface area is 175 Å². The first-order valence-electron chi connectivity index (χ1n) is 8.59. The molecule has 1 aliphatic heterocycles. The minimum Gasteiger partial charge on any atom is -0.490 e. The Kier molecular flexibility index (Phi) is 6.76. The molecule has 3 rings (SSSR count). The van der Waals surface area contributed by atoms with Gasteiger partial charge in [-0.25, -0.2) is 0 Å². The molecule has 0 aliphatic carbocycles. The third-order valence-electron chi connectivity index (χ3n) is 3.88. The fraction of sp³-hybridized carbons (Fsp3) is 0.200. The molecule has 0 radical (unpaired) electrons. The van der Waals surface area contributed by atoms with Crippen molar-refractivity contribution in [3.8, 4) is 11.5 Å². The van der Waals surface area contributed by atoms with Gasteiger partial charge in [0.25, 0.3) is 11.1 Å². The van der Waals surface area contributed by atoms with Gasteiger partial charge in [-0.05, 0) is 60.2 Å². The molecule has 9 heteroatoms. The van der Waals surface area contributed by atoms with Crippen LogP contribution in [-0.4, -0.2) is 29.3 Å². The van der Waals surface area contributed by atoms with Crippen molar-refractivity contribution in [1.29, 1.82) is 0 Å². The van der Waals surface area contributed by atoms with Gasteiger partial charge in [0.15, 0.2) is 11.5 Å². The molecule has 0 atom stereocenters. The first-order chi connectivity index (χ1) is 13.9. The molecule has 5 nitrogen and oxygen atoms in total. The Bertz CT molecular complexity index is 967. The predicted octanol–water partition coefficient (Wildman–Crippen LogP) is 5.58. The van der Waals surface area contributed by atoms with Gasteiger partial charge in [-0.1, -0.05) is 29.8 Å². The lowest BCUT2D eigenvalue weighted by Crippen LogP contribution is -2.27. The summed E-state index contributed by atoms with van der Waals surface area (Å²) >= 11 is 6.76. The summed E-state index contributed by atoms with van der Waals surface area (Å²) in [6, 6.07) is 11.2. The van der Waals surface area contributed by atoms with E-state index in [0.29, 0.717) is 10.6 Å². The summed E-state index contributed by atoms with van der Waals surface area (Å²) in [6.07, 6.45) is 1.51. The smallest absolute Gasteiger partial charge is 0.387 e. The van der Waals surface area contributed by atoms with Crippen molar-refractivity contribution in [2.24, 2.45) is 0 Å². The maximum atomic E-state index is 12.7. The van der Waals surface area contributed by atoms with Gasteiger partial charge in [0.05, 0.1) is 18.1 Å². The molecule has 1 saturated heterocycles. The van der Waals surface area contributed by atoms with Crippen LogP contribution < -0.4 is 9.47 Å². The number of amides is 2. The number of alkyl halides is 2. The quantitative estimate of drug-likeness (QED) is 0.527. The van der Waals surface area contributed by atoms with Crippen molar-refractivity contribution in [3.63, 3.8) is 0 Å². The average molecular weight is 440 g/mol. The summed E-state index contributed by atoms with van der Waals surface area (Å²) in [5.41, 5.74) is 1.25. The van der Waals surface area contributed by atoms with E-state index in [9.17, 15) is 18.4 Å². The van der Waals surface area contributed by atoms with Crippen molar-refractivity contribution >= 4 is 40.6 Å². The number of rotatable bonds is 7. The SMILES string of the molecule is CCOc1cc(/C=C2\SC(=O)N(Cc3cccc(Cl)c3)C2=O)ccc1OC(F)F. The summed E-state index contributed by atoms with van der Waals surface area (Å²) < 4.78 is 34.8. The fourth-order valence-electron chi connectivity index (χ4n) is 2.68. The van der Waals surface area contributed by atoms with E-state index in [1.165, 1.54) is 24.3 Å². The first-order valence-corrected chi connectivity index (χ1v) is 9.78. The highest BCUT2D eigenvalue weighted by molar-refractivity contribution is 8.18. The highest BCUT2D eigenvalue weighted by Gasteiger charge is 2.35. The number of benzene rings is 2. The molecule has 1 fully saturated rings. The molecule has 1 heterocycles. The number of nitrogens with zero attached hydrogens (tertiary/aromatic N) is 1. The van der Waals surface area contributed by atoms with Gasteiger partial charge in [-0.3, -0.25) is 14.5 Å². The molecule has 152 valence electrons. The zero-order chi connectivity index (χ0) is 21.0. The van der Waals surface area contributed by atoms with E-state index in [1.807, 2.05) is 0 Å². The van der Waals surface area contributed by atoms with Gasteiger partial charge in [0.2, 0.25) is 0 Å². The Morgan fingerprint density at radius 3 is 2.66 bits per heavy atom.